The zero-order chi connectivity index (χ0) is 15.5. The number of carbonyl (C=O) groups is 3. The first kappa shape index (κ1) is 11.0. The molecule has 104 valence electrons. The van der Waals surface area contributed by atoms with Gasteiger partial charge >= 0.3 is 0 Å². The van der Waals surface area contributed by atoms with Crippen LogP contribution in [-0.2, 0) is 9.59 Å². The molecule has 2 aromatic carbocycles. The maximum atomic E-state index is 12.7. The van der Waals surface area contributed by atoms with Crippen molar-refractivity contribution >= 4 is 34.2 Å². The van der Waals surface area contributed by atoms with Crippen LogP contribution in [-0.4, -0.2) is 23.7 Å². The van der Waals surface area contributed by atoms with Gasteiger partial charge in [-0.25, -0.2) is 0 Å². The van der Waals surface area contributed by atoms with Crippen molar-refractivity contribution in [1.29, 1.82) is 0 Å². The summed E-state index contributed by atoms with van der Waals surface area (Å²) in [5.74, 6) is -1.52. The van der Waals surface area contributed by atoms with E-state index in [-0.39, 0.29) is 18.7 Å². The summed E-state index contributed by atoms with van der Waals surface area (Å²) in [4.78, 5) is 37.5. The van der Waals surface area contributed by atoms with Crippen LogP contribution in [0.4, 0.5) is 5.69 Å². The van der Waals surface area contributed by atoms with Gasteiger partial charge in [-0.1, -0.05) is 24.3 Å². The number of nitrogens with zero attached hydrogens (tertiary/aromatic N) is 1. The molecule has 0 spiro atoms. The van der Waals surface area contributed by atoms with Crippen molar-refractivity contribution in [2.45, 2.75) is 18.9 Å². The molecule has 4 rings (SSSR count). The van der Waals surface area contributed by atoms with Crippen LogP contribution in [0, 0.1) is 0 Å². The Labute approximate surface area is 121 Å². The smallest absolute Gasteiger partial charge is 0.259 e. The van der Waals surface area contributed by atoms with E-state index in [2.05, 4.69) is 5.32 Å². The molecule has 0 saturated carbocycles. The number of carbonyl (C=O) groups excluding carboxylic acids is 3. The second-order valence-electron chi connectivity index (χ2n) is 5.15. The van der Waals surface area contributed by atoms with Crippen LogP contribution in [0.2, 0.25) is 0 Å². The van der Waals surface area contributed by atoms with Crippen molar-refractivity contribution in [2.24, 2.45) is 0 Å². The molecule has 1 N–H and O–H groups in total. The van der Waals surface area contributed by atoms with Crippen molar-refractivity contribution in [3.63, 3.8) is 0 Å². The Bertz CT molecular complexity index is 858. The summed E-state index contributed by atoms with van der Waals surface area (Å²) in [5, 5.41) is 3.81. The van der Waals surface area contributed by atoms with Crippen molar-refractivity contribution in [2.75, 3.05) is 4.90 Å². The Hall–Kier alpha value is -2.69. The van der Waals surface area contributed by atoms with Gasteiger partial charge in [0.25, 0.3) is 5.91 Å². The summed E-state index contributed by atoms with van der Waals surface area (Å²) >= 11 is 0. The fraction of sp³-hybridized carbons (Fsp3) is 0.188. The van der Waals surface area contributed by atoms with E-state index >= 15 is 0 Å². The van der Waals surface area contributed by atoms with E-state index in [1.54, 1.807) is 24.3 Å². The van der Waals surface area contributed by atoms with Gasteiger partial charge in [-0.2, -0.15) is 0 Å². The second-order valence-corrected chi connectivity index (χ2v) is 5.15. The number of nitrogens with one attached hydrogen (secondary N) is 1. The van der Waals surface area contributed by atoms with Crippen molar-refractivity contribution in [3.8, 4) is 0 Å². The summed E-state index contributed by atoms with van der Waals surface area (Å²) in [5.41, 5.74) is 1.04. The fourth-order valence-corrected chi connectivity index (χ4v) is 3.00. The maximum absolute atomic E-state index is 12.7. The number of hydrogen-bond acceptors (Lipinski definition) is 3. The largest absolute Gasteiger partial charge is 0.295 e. The number of rotatable bonds is 1. The van der Waals surface area contributed by atoms with Crippen molar-refractivity contribution in [1.82, 2.24) is 5.32 Å². The molecule has 1 saturated heterocycles. The summed E-state index contributed by atoms with van der Waals surface area (Å²) < 4.78 is 8.52. The molecule has 2 aliphatic rings. The van der Waals surface area contributed by atoms with E-state index in [0.29, 0.717) is 11.3 Å². The molecule has 0 aromatic heterocycles. The van der Waals surface area contributed by atoms with Gasteiger partial charge in [0.1, 0.15) is 6.02 Å². The molecule has 2 heterocycles. The number of piperidine rings is 1. The quantitative estimate of drug-likeness (QED) is 0.807. The van der Waals surface area contributed by atoms with Gasteiger partial charge in [0.05, 0.1) is 7.06 Å². The molecule has 5 nitrogen and oxygen atoms in total. The van der Waals surface area contributed by atoms with Crippen LogP contribution in [0.1, 0.15) is 24.6 Å². The highest BCUT2D eigenvalue weighted by atomic mass is 16.2. The average molecular weight is 281 g/mol. The second kappa shape index (κ2) is 4.15. The standard InChI is InChI=1S/C16H12N2O3/c19-13-8-7-12(15(20)17-13)18-11-6-2-4-9-3-1-5-10(14(9)11)16(18)21/h1-6,12H,7-8H2,(H,17,19,20)/t12-/m1/s1/i12D. The number of amides is 3. The highest BCUT2D eigenvalue weighted by Gasteiger charge is 2.40. The molecule has 21 heavy (non-hydrogen) atoms. The van der Waals surface area contributed by atoms with E-state index in [4.69, 9.17) is 1.37 Å². The van der Waals surface area contributed by atoms with Gasteiger partial charge in [0, 0.05) is 17.4 Å². The molecule has 2 aromatic rings. The van der Waals surface area contributed by atoms with Crippen LogP contribution in [0.15, 0.2) is 36.4 Å². The lowest BCUT2D eigenvalue weighted by Crippen LogP contribution is -2.53. The number of anilines is 1. The van der Waals surface area contributed by atoms with Crippen LogP contribution >= 0.6 is 0 Å². The van der Waals surface area contributed by atoms with Crippen LogP contribution in [0.5, 0.6) is 0 Å². The molecule has 0 bridgehead atoms. The van der Waals surface area contributed by atoms with Gasteiger partial charge in [-0.3, -0.25) is 24.6 Å². The minimum Gasteiger partial charge on any atom is -0.295 e. The monoisotopic (exact) mass is 281 g/mol. The Morgan fingerprint density at radius 1 is 1.14 bits per heavy atom. The first-order chi connectivity index (χ1) is 10.5. The molecular weight excluding hydrogens is 268 g/mol. The molecule has 2 aliphatic heterocycles. The van der Waals surface area contributed by atoms with Gasteiger partial charge in [-0.15, -0.1) is 0 Å². The van der Waals surface area contributed by atoms with Gasteiger partial charge in [0.2, 0.25) is 11.8 Å². The van der Waals surface area contributed by atoms with Crippen molar-refractivity contribution in [3.05, 3.63) is 42.0 Å². The minimum atomic E-state index is -1.79. The molecule has 3 amide bonds. The third-order valence-electron chi connectivity index (χ3n) is 3.93. The lowest BCUT2D eigenvalue weighted by atomic mass is 10.0. The highest BCUT2D eigenvalue weighted by molar-refractivity contribution is 6.27. The van der Waals surface area contributed by atoms with E-state index in [9.17, 15) is 14.4 Å². The zero-order valence-electron chi connectivity index (χ0n) is 12.1. The van der Waals surface area contributed by atoms with Crippen LogP contribution < -0.4 is 10.2 Å². The summed E-state index contributed by atoms with van der Waals surface area (Å²) in [6.07, 6.45) is 0.0408. The fourth-order valence-electron chi connectivity index (χ4n) is 3.00. The SMILES string of the molecule is [2H][C@@]1(N2C(=O)c3cccc4cccc2c34)CCC(=O)NC1=O. The van der Waals surface area contributed by atoms with Crippen LogP contribution in [0.3, 0.4) is 0 Å². The zero-order valence-corrected chi connectivity index (χ0v) is 11.1. The lowest BCUT2D eigenvalue weighted by Gasteiger charge is -2.30. The molecule has 0 unspecified atom stereocenters. The van der Waals surface area contributed by atoms with Crippen LogP contribution in [0.25, 0.3) is 10.8 Å². The predicted molar refractivity (Wildman–Crippen MR) is 76.9 cm³/mol. The van der Waals surface area contributed by atoms with E-state index in [1.807, 2.05) is 12.1 Å². The maximum Gasteiger partial charge on any atom is 0.259 e. The predicted octanol–water partition coefficient (Wildman–Crippen LogP) is 1.61. The summed E-state index contributed by atoms with van der Waals surface area (Å²) in [6.45, 7) is 0. The van der Waals surface area contributed by atoms with E-state index in [1.165, 1.54) is 4.90 Å². The molecule has 5 heteroatoms. The minimum absolute atomic E-state index is 0.00617. The van der Waals surface area contributed by atoms with E-state index in [0.717, 1.165) is 10.8 Å². The summed E-state index contributed by atoms with van der Waals surface area (Å²) in [7, 11) is 0. The average Bonchev–Trinajstić information content (AvgIpc) is 2.79. The Morgan fingerprint density at radius 2 is 1.90 bits per heavy atom. The molecular formula is C16H12N2O3. The third-order valence-corrected chi connectivity index (χ3v) is 3.93. The van der Waals surface area contributed by atoms with Gasteiger partial charge in [0.15, 0.2) is 0 Å². The van der Waals surface area contributed by atoms with Gasteiger partial charge in [-0.05, 0) is 23.9 Å². The normalized spacial score (nSPS) is 25.2. The number of hydrogen-bond donors (Lipinski definition) is 1. The topological polar surface area (TPSA) is 66.5 Å². The van der Waals surface area contributed by atoms with Gasteiger partial charge < -0.3 is 0 Å². The van der Waals surface area contributed by atoms with Crippen molar-refractivity contribution < 1.29 is 15.8 Å². The number of benzene rings is 2. The summed E-state index contributed by atoms with van der Waals surface area (Å²) in [6, 6.07) is 8.99. The molecule has 0 radical (unpaired) electrons. The third kappa shape index (κ3) is 1.60. The first-order valence-electron chi connectivity index (χ1n) is 7.23. The first-order valence-corrected chi connectivity index (χ1v) is 6.73. The Balaban J connectivity index is 1.92. The lowest BCUT2D eigenvalue weighted by molar-refractivity contribution is -0.134. The molecule has 1 fully saturated rings. The Kier molecular flexibility index (Phi) is 2.18. The Morgan fingerprint density at radius 3 is 2.67 bits per heavy atom. The van der Waals surface area contributed by atoms with E-state index < -0.39 is 17.8 Å². The molecule has 0 aliphatic carbocycles. The highest BCUT2D eigenvalue weighted by Crippen LogP contribution is 2.39. The number of imide groups is 1. The molecule has 1 atom stereocenters.